The molecule has 2 N–H and O–H groups in total. The van der Waals surface area contributed by atoms with Crippen LogP contribution in [0.1, 0.15) is 40.5 Å². The minimum Gasteiger partial charge on any atom is -0.436 e. The van der Waals surface area contributed by atoms with E-state index in [1.54, 1.807) is 30.5 Å². The van der Waals surface area contributed by atoms with Gasteiger partial charge in [-0.25, -0.2) is 18.1 Å². The van der Waals surface area contributed by atoms with E-state index in [0.717, 1.165) is 24.0 Å². The fourth-order valence-electron chi connectivity index (χ4n) is 4.61. The van der Waals surface area contributed by atoms with Crippen LogP contribution in [0.4, 0.5) is 0 Å². The number of sulfonamides is 1. The normalized spacial score (nSPS) is 18.7. The Morgan fingerprint density at radius 1 is 0.935 bits per heavy atom. The van der Waals surface area contributed by atoms with Gasteiger partial charge in [-0.15, -0.1) is 0 Å². The molecule has 3 aromatic rings. The fraction of sp³-hybridized carbons (Fsp3) is 0.375. The molecule has 6 nitrogen and oxygen atoms in total. The Kier molecular flexibility index (Phi) is 5.54. The Morgan fingerprint density at radius 3 is 2.16 bits per heavy atom. The number of oxazole rings is 1. The predicted octanol–water partition coefficient (Wildman–Crippen LogP) is 4.60. The van der Waals surface area contributed by atoms with Crippen LogP contribution >= 0.6 is 0 Å². The Morgan fingerprint density at radius 2 is 1.55 bits per heavy atom. The van der Waals surface area contributed by atoms with Gasteiger partial charge in [0.25, 0.3) is 0 Å². The van der Waals surface area contributed by atoms with E-state index in [2.05, 4.69) is 42.7 Å². The monoisotopic (exact) mass is 439 g/mol. The molecule has 0 bridgehead atoms. The summed E-state index contributed by atoms with van der Waals surface area (Å²) >= 11 is 0. The summed E-state index contributed by atoms with van der Waals surface area (Å²) in [6.45, 7) is 8.41. The summed E-state index contributed by atoms with van der Waals surface area (Å²) in [5.74, 6) is 1.13. The van der Waals surface area contributed by atoms with Crippen LogP contribution in [0.2, 0.25) is 0 Å². The molecule has 1 aliphatic rings. The van der Waals surface area contributed by atoms with Crippen molar-refractivity contribution in [2.75, 3.05) is 0 Å². The molecule has 0 amide bonds. The molecule has 0 spiro atoms. The maximum Gasteiger partial charge on any atom is 0.240 e. The maximum absolute atomic E-state index is 13.0. The lowest BCUT2D eigenvalue weighted by molar-refractivity contribution is 0.157. The van der Waals surface area contributed by atoms with E-state index in [0.29, 0.717) is 11.7 Å². The van der Waals surface area contributed by atoms with Crippen LogP contribution in [-0.4, -0.2) is 30.5 Å². The lowest BCUT2D eigenvalue weighted by atomic mass is 9.80. The van der Waals surface area contributed by atoms with Crippen LogP contribution in [0, 0.1) is 0 Å². The Labute approximate surface area is 184 Å². The molecule has 4 rings (SSSR count). The van der Waals surface area contributed by atoms with Gasteiger partial charge in [0.05, 0.1) is 11.1 Å². The molecule has 1 fully saturated rings. The van der Waals surface area contributed by atoms with Crippen LogP contribution in [-0.2, 0) is 10.0 Å². The average molecular weight is 440 g/mol. The number of rotatable bonds is 5. The summed E-state index contributed by atoms with van der Waals surface area (Å²) in [5, 5.41) is 3.57. The van der Waals surface area contributed by atoms with Gasteiger partial charge in [-0.2, -0.15) is 0 Å². The van der Waals surface area contributed by atoms with Gasteiger partial charge in [0, 0.05) is 28.2 Å². The van der Waals surface area contributed by atoms with Crippen molar-refractivity contribution in [1.82, 2.24) is 15.0 Å². The van der Waals surface area contributed by atoms with E-state index in [1.807, 2.05) is 30.3 Å². The molecule has 1 saturated heterocycles. The van der Waals surface area contributed by atoms with Crippen LogP contribution < -0.4 is 10.0 Å². The van der Waals surface area contributed by atoms with E-state index in [-0.39, 0.29) is 22.0 Å². The molecule has 0 aliphatic carbocycles. The molecular formula is C24H29N3O3S. The summed E-state index contributed by atoms with van der Waals surface area (Å²) in [6, 6.07) is 16.3. The molecule has 0 atom stereocenters. The molecule has 2 heterocycles. The van der Waals surface area contributed by atoms with Crippen molar-refractivity contribution in [1.29, 1.82) is 0 Å². The molecule has 0 radical (unpaired) electrons. The lowest BCUT2D eigenvalue weighted by Crippen LogP contribution is -2.62. The highest BCUT2D eigenvalue weighted by Crippen LogP contribution is 2.30. The van der Waals surface area contributed by atoms with Crippen LogP contribution in [0.3, 0.4) is 0 Å². The molecule has 2 aromatic carbocycles. The third kappa shape index (κ3) is 5.06. The van der Waals surface area contributed by atoms with Gasteiger partial charge < -0.3 is 9.73 Å². The first kappa shape index (κ1) is 21.7. The first-order valence-corrected chi connectivity index (χ1v) is 11.9. The second kappa shape index (κ2) is 7.89. The van der Waals surface area contributed by atoms with Crippen molar-refractivity contribution < 1.29 is 12.8 Å². The van der Waals surface area contributed by atoms with E-state index in [1.165, 1.54) is 0 Å². The number of piperidine rings is 1. The molecular weight excluding hydrogens is 410 g/mol. The largest absolute Gasteiger partial charge is 0.436 e. The second-order valence-corrected chi connectivity index (χ2v) is 11.3. The molecule has 31 heavy (non-hydrogen) atoms. The standard InChI is InChI=1S/C24H29N3O3S/c1-23(2)14-19(15-24(3,4)27-23)26-31(28,29)20-12-10-18(11-13-20)22-25-16-21(30-22)17-8-6-5-7-9-17/h5-13,16,19,26-27H,14-15H2,1-4H3. The van der Waals surface area contributed by atoms with Gasteiger partial charge in [-0.3, -0.25) is 0 Å². The Hall–Kier alpha value is -2.48. The maximum atomic E-state index is 13.0. The van der Waals surface area contributed by atoms with Crippen LogP contribution in [0.5, 0.6) is 0 Å². The van der Waals surface area contributed by atoms with Gasteiger partial charge in [-0.05, 0) is 64.8 Å². The lowest BCUT2D eigenvalue weighted by Gasteiger charge is -2.46. The van der Waals surface area contributed by atoms with Gasteiger partial charge >= 0.3 is 0 Å². The van der Waals surface area contributed by atoms with Gasteiger partial charge in [0.15, 0.2) is 5.76 Å². The molecule has 164 valence electrons. The molecule has 7 heteroatoms. The first-order valence-electron chi connectivity index (χ1n) is 10.5. The fourth-order valence-corrected chi connectivity index (χ4v) is 5.85. The molecule has 1 aromatic heterocycles. The minimum atomic E-state index is -3.63. The zero-order valence-corrected chi connectivity index (χ0v) is 19.2. The number of nitrogens with one attached hydrogen (secondary N) is 2. The topological polar surface area (TPSA) is 84.2 Å². The molecule has 0 unspecified atom stereocenters. The Bertz CT molecular complexity index is 1130. The van der Waals surface area contributed by atoms with E-state index < -0.39 is 10.0 Å². The van der Waals surface area contributed by atoms with Crippen molar-refractivity contribution in [3.8, 4) is 22.8 Å². The van der Waals surface area contributed by atoms with Crippen molar-refractivity contribution in [2.24, 2.45) is 0 Å². The number of aromatic nitrogens is 1. The third-order valence-electron chi connectivity index (χ3n) is 5.49. The SMILES string of the molecule is CC1(C)CC(NS(=O)(=O)c2ccc(-c3ncc(-c4ccccc4)o3)cc2)CC(C)(C)N1. The molecule has 0 saturated carbocycles. The van der Waals surface area contributed by atoms with Gasteiger partial charge in [-0.1, -0.05) is 30.3 Å². The van der Waals surface area contributed by atoms with Crippen molar-refractivity contribution >= 4 is 10.0 Å². The zero-order chi connectivity index (χ0) is 22.3. The van der Waals surface area contributed by atoms with E-state index in [9.17, 15) is 8.42 Å². The van der Waals surface area contributed by atoms with Crippen LogP contribution in [0.25, 0.3) is 22.8 Å². The highest BCUT2D eigenvalue weighted by molar-refractivity contribution is 7.89. The number of hydrogen-bond donors (Lipinski definition) is 2. The first-order chi connectivity index (χ1) is 14.5. The summed E-state index contributed by atoms with van der Waals surface area (Å²) in [5.41, 5.74) is 1.39. The average Bonchev–Trinajstić information content (AvgIpc) is 3.16. The van der Waals surface area contributed by atoms with E-state index >= 15 is 0 Å². The smallest absolute Gasteiger partial charge is 0.240 e. The van der Waals surface area contributed by atoms with Crippen molar-refractivity contribution in [3.05, 3.63) is 60.8 Å². The quantitative estimate of drug-likeness (QED) is 0.607. The second-order valence-electron chi connectivity index (χ2n) is 9.54. The highest BCUT2D eigenvalue weighted by atomic mass is 32.2. The molecule has 1 aliphatic heterocycles. The van der Waals surface area contributed by atoms with Gasteiger partial charge in [0.1, 0.15) is 0 Å². The van der Waals surface area contributed by atoms with Crippen LogP contribution in [0.15, 0.2) is 70.1 Å². The van der Waals surface area contributed by atoms with Crippen molar-refractivity contribution in [3.63, 3.8) is 0 Å². The Balaban J connectivity index is 1.51. The van der Waals surface area contributed by atoms with Crippen molar-refractivity contribution in [2.45, 2.75) is 62.6 Å². The summed E-state index contributed by atoms with van der Waals surface area (Å²) in [6.07, 6.45) is 3.14. The number of nitrogens with zero attached hydrogens (tertiary/aromatic N) is 1. The zero-order valence-electron chi connectivity index (χ0n) is 18.3. The highest BCUT2D eigenvalue weighted by Gasteiger charge is 2.39. The minimum absolute atomic E-state index is 0.129. The van der Waals surface area contributed by atoms with E-state index in [4.69, 9.17) is 4.42 Å². The summed E-state index contributed by atoms with van der Waals surface area (Å²) < 4.78 is 34.7. The van der Waals surface area contributed by atoms with Gasteiger partial charge in [0.2, 0.25) is 15.9 Å². The number of benzene rings is 2. The third-order valence-corrected chi connectivity index (χ3v) is 7.02. The summed E-state index contributed by atoms with van der Waals surface area (Å²) in [7, 11) is -3.63. The summed E-state index contributed by atoms with van der Waals surface area (Å²) in [4.78, 5) is 4.58. The predicted molar refractivity (Wildman–Crippen MR) is 122 cm³/mol. The number of hydrogen-bond acceptors (Lipinski definition) is 5.